The largest absolute Gasteiger partial charge is 0.497 e. The Morgan fingerprint density at radius 2 is 2.07 bits per heavy atom. The molecule has 4 rings (SSSR count). The summed E-state index contributed by atoms with van der Waals surface area (Å²) >= 11 is 0. The lowest BCUT2D eigenvalue weighted by atomic mass is 10.1. The molecule has 0 radical (unpaired) electrons. The Kier molecular flexibility index (Phi) is 6.39. The van der Waals surface area contributed by atoms with Crippen molar-refractivity contribution >= 4 is 5.95 Å². The van der Waals surface area contributed by atoms with E-state index in [2.05, 4.69) is 15.3 Å². The fourth-order valence-corrected chi connectivity index (χ4v) is 3.54. The summed E-state index contributed by atoms with van der Waals surface area (Å²) < 4.78 is 12.4. The summed E-state index contributed by atoms with van der Waals surface area (Å²) in [5, 5.41) is 3.37. The van der Waals surface area contributed by atoms with Crippen molar-refractivity contribution in [3.63, 3.8) is 0 Å². The molecule has 1 aromatic carbocycles. The van der Waals surface area contributed by atoms with E-state index >= 15 is 0 Å². The molecular formula is C23H26N4O3. The monoisotopic (exact) mass is 406 g/mol. The molecule has 3 aromatic rings. The highest BCUT2D eigenvalue weighted by atomic mass is 16.5. The van der Waals surface area contributed by atoms with E-state index in [4.69, 9.17) is 9.47 Å². The first-order chi connectivity index (χ1) is 14.7. The van der Waals surface area contributed by atoms with Crippen LogP contribution in [0.3, 0.4) is 0 Å². The molecule has 1 saturated heterocycles. The van der Waals surface area contributed by atoms with Gasteiger partial charge in [0.15, 0.2) is 0 Å². The van der Waals surface area contributed by atoms with Crippen molar-refractivity contribution < 1.29 is 9.47 Å². The van der Waals surface area contributed by atoms with E-state index in [1.165, 1.54) is 0 Å². The van der Waals surface area contributed by atoms with E-state index in [-0.39, 0.29) is 5.56 Å². The second-order valence-corrected chi connectivity index (χ2v) is 7.35. The van der Waals surface area contributed by atoms with Gasteiger partial charge in [-0.3, -0.25) is 4.79 Å². The summed E-state index contributed by atoms with van der Waals surface area (Å²) in [6.07, 6.45) is 6.18. The summed E-state index contributed by atoms with van der Waals surface area (Å²) in [5.41, 5.74) is 2.60. The smallest absolute Gasteiger partial charge is 0.251 e. The van der Waals surface area contributed by atoms with Gasteiger partial charge in [-0.05, 0) is 49.1 Å². The minimum absolute atomic E-state index is 0.0482. The average molecular weight is 406 g/mol. The molecule has 7 heteroatoms. The lowest BCUT2D eigenvalue weighted by molar-refractivity contribution is 0.0903. The molecule has 1 aliphatic heterocycles. The van der Waals surface area contributed by atoms with Crippen molar-refractivity contribution in [2.45, 2.75) is 31.8 Å². The summed E-state index contributed by atoms with van der Waals surface area (Å²) in [6, 6.07) is 13.6. The van der Waals surface area contributed by atoms with Gasteiger partial charge in [0.05, 0.1) is 12.8 Å². The summed E-state index contributed by atoms with van der Waals surface area (Å²) in [4.78, 5) is 21.5. The van der Waals surface area contributed by atoms with Gasteiger partial charge in [0.2, 0.25) is 5.95 Å². The minimum Gasteiger partial charge on any atom is -0.497 e. The van der Waals surface area contributed by atoms with Gasteiger partial charge < -0.3 is 19.4 Å². The van der Waals surface area contributed by atoms with Crippen molar-refractivity contribution in [2.24, 2.45) is 0 Å². The maximum Gasteiger partial charge on any atom is 0.251 e. The van der Waals surface area contributed by atoms with Gasteiger partial charge in [-0.1, -0.05) is 12.1 Å². The first-order valence-corrected chi connectivity index (χ1v) is 10.2. The van der Waals surface area contributed by atoms with Crippen LogP contribution in [0.4, 0.5) is 5.95 Å². The van der Waals surface area contributed by atoms with Crippen molar-refractivity contribution in [2.75, 3.05) is 25.6 Å². The number of methoxy groups -OCH3 is 1. The van der Waals surface area contributed by atoms with Crippen LogP contribution < -0.4 is 15.6 Å². The molecule has 156 valence electrons. The summed E-state index contributed by atoms with van der Waals surface area (Å²) in [7, 11) is 1.65. The van der Waals surface area contributed by atoms with E-state index < -0.39 is 0 Å². The highest BCUT2D eigenvalue weighted by Crippen LogP contribution is 2.18. The first kappa shape index (κ1) is 20.1. The molecule has 0 unspecified atom stereocenters. The quantitative estimate of drug-likeness (QED) is 0.649. The highest BCUT2D eigenvalue weighted by Gasteiger charge is 2.15. The van der Waals surface area contributed by atoms with Gasteiger partial charge in [0.1, 0.15) is 5.75 Å². The zero-order valence-electron chi connectivity index (χ0n) is 17.1. The van der Waals surface area contributed by atoms with E-state index in [1.807, 2.05) is 42.6 Å². The molecule has 30 heavy (non-hydrogen) atoms. The normalized spacial score (nSPS) is 14.4. The Morgan fingerprint density at radius 1 is 1.20 bits per heavy atom. The van der Waals surface area contributed by atoms with E-state index in [0.29, 0.717) is 18.5 Å². The van der Waals surface area contributed by atoms with Crippen LogP contribution in [0.5, 0.6) is 5.75 Å². The molecule has 1 aliphatic rings. The minimum atomic E-state index is -0.0482. The van der Waals surface area contributed by atoms with Crippen molar-refractivity contribution in [3.05, 3.63) is 70.8 Å². The molecule has 0 atom stereocenters. The van der Waals surface area contributed by atoms with E-state index in [9.17, 15) is 4.79 Å². The first-order valence-electron chi connectivity index (χ1n) is 10.2. The Labute approximate surface area is 175 Å². The van der Waals surface area contributed by atoms with Crippen molar-refractivity contribution in [1.29, 1.82) is 0 Å². The van der Waals surface area contributed by atoms with Crippen LogP contribution in [0, 0.1) is 0 Å². The fourth-order valence-electron chi connectivity index (χ4n) is 3.54. The number of hydrogen-bond acceptors (Lipinski definition) is 6. The molecular weight excluding hydrogens is 380 g/mol. The number of pyridine rings is 1. The SMILES string of the molecule is COc1cccc(CCn2ccc(-c3ccnc(NC4CCOCC4)n3)cc2=O)c1. The maximum atomic E-state index is 12.6. The van der Waals surface area contributed by atoms with Crippen LogP contribution in [0.1, 0.15) is 18.4 Å². The number of benzene rings is 1. The fraction of sp³-hybridized carbons (Fsp3) is 0.348. The Hall–Kier alpha value is -3.19. The van der Waals surface area contributed by atoms with Crippen LogP contribution in [-0.4, -0.2) is 40.9 Å². The molecule has 7 nitrogen and oxygen atoms in total. The molecule has 0 spiro atoms. The predicted molar refractivity (Wildman–Crippen MR) is 116 cm³/mol. The molecule has 0 aliphatic carbocycles. The number of anilines is 1. The Morgan fingerprint density at radius 3 is 2.87 bits per heavy atom. The predicted octanol–water partition coefficient (Wildman–Crippen LogP) is 3.15. The third-order valence-corrected chi connectivity index (χ3v) is 5.28. The lowest BCUT2D eigenvalue weighted by Gasteiger charge is -2.23. The van der Waals surface area contributed by atoms with Gasteiger partial charge in [0, 0.05) is 49.8 Å². The standard InChI is InChI=1S/C23H26N4O3/c1-29-20-4-2-3-17(15-20)6-11-27-12-7-18(16-22(27)28)21-5-10-24-23(26-21)25-19-8-13-30-14-9-19/h2-5,7,10,12,15-16,19H,6,8-9,11,13-14H2,1H3,(H,24,25,26). The van der Waals surface area contributed by atoms with Crippen molar-refractivity contribution in [1.82, 2.24) is 14.5 Å². The van der Waals surface area contributed by atoms with Crippen LogP contribution >= 0.6 is 0 Å². The number of hydrogen-bond donors (Lipinski definition) is 1. The second kappa shape index (κ2) is 9.54. The van der Waals surface area contributed by atoms with Crippen molar-refractivity contribution in [3.8, 4) is 17.0 Å². The second-order valence-electron chi connectivity index (χ2n) is 7.35. The number of nitrogens with one attached hydrogen (secondary N) is 1. The average Bonchev–Trinajstić information content (AvgIpc) is 2.79. The van der Waals surface area contributed by atoms with Crippen LogP contribution in [0.15, 0.2) is 59.7 Å². The third-order valence-electron chi connectivity index (χ3n) is 5.28. The van der Waals surface area contributed by atoms with E-state index in [1.54, 1.807) is 23.9 Å². The number of aromatic nitrogens is 3. The molecule has 0 saturated carbocycles. The number of aryl methyl sites for hydroxylation is 2. The summed E-state index contributed by atoms with van der Waals surface area (Å²) in [6.45, 7) is 2.11. The molecule has 1 fully saturated rings. The molecule has 0 amide bonds. The van der Waals surface area contributed by atoms with E-state index in [0.717, 1.165) is 55.0 Å². The third kappa shape index (κ3) is 5.04. The maximum absolute atomic E-state index is 12.6. The van der Waals surface area contributed by atoms with Crippen LogP contribution in [-0.2, 0) is 17.7 Å². The zero-order chi connectivity index (χ0) is 20.8. The van der Waals surface area contributed by atoms with Gasteiger partial charge >= 0.3 is 0 Å². The Bertz CT molecular complexity index is 1040. The number of nitrogens with zero attached hydrogens (tertiary/aromatic N) is 3. The molecule has 1 N–H and O–H groups in total. The van der Waals surface area contributed by atoms with Gasteiger partial charge in [-0.2, -0.15) is 0 Å². The molecule has 2 aromatic heterocycles. The molecule has 0 bridgehead atoms. The highest BCUT2D eigenvalue weighted by molar-refractivity contribution is 5.59. The van der Waals surface area contributed by atoms with Gasteiger partial charge in [-0.15, -0.1) is 0 Å². The van der Waals surface area contributed by atoms with Gasteiger partial charge in [0.25, 0.3) is 5.56 Å². The molecule has 3 heterocycles. The lowest BCUT2D eigenvalue weighted by Crippen LogP contribution is -2.28. The summed E-state index contributed by atoms with van der Waals surface area (Å²) in [5.74, 6) is 1.41. The zero-order valence-corrected chi connectivity index (χ0v) is 17.1. The number of ether oxygens (including phenoxy) is 2. The number of rotatable bonds is 7. The Balaban J connectivity index is 1.44. The topological polar surface area (TPSA) is 78.3 Å². The van der Waals surface area contributed by atoms with Crippen LogP contribution in [0.2, 0.25) is 0 Å². The van der Waals surface area contributed by atoms with Gasteiger partial charge in [-0.25, -0.2) is 9.97 Å². The van der Waals surface area contributed by atoms with Crippen LogP contribution in [0.25, 0.3) is 11.3 Å².